The lowest BCUT2D eigenvalue weighted by Gasteiger charge is -1.96. The minimum Gasteiger partial charge on any atom is -0.336 e. The van der Waals surface area contributed by atoms with Crippen molar-refractivity contribution < 1.29 is 9.63 Å². The summed E-state index contributed by atoms with van der Waals surface area (Å²) in [5.74, 6) is -0.354. The van der Waals surface area contributed by atoms with Gasteiger partial charge < -0.3 is 4.84 Å². The molecule has 0 saturated carbocycles. The van der Waals surface area contributed by atoms with E-state index in [1.165, 1.54) is 29.6 Å². The Bertz CT molecular complexity index is 585. The van der Waals surface area contributed by atoms with Gasteiger partial charge in [-0.15, -0.1) is 0 Å². The van der Waals surface area contributed by atoms with Gasteiger partial charge in [0.25, 0.3) is 0 Å². The van der Waals surface area contributed by atoms with Crippen LogP contribution < -0.4 is 4.84 Å². The van der Waals surface area contributed by atoms with Gasteiger partial charge in [0, 0.05) is 24.7 Å². The quantitative estimate of drug-likeness (QED) is 0.668. The van der Waals surface area contributed by atoms with Crippen LogP contribution in [-0.2, 0) is 4.79 Å². The van der Waals surface area contributed by atoms with Crippen LogP contribution in [0.25, 0.3) is 10.9 Å². The zero-order valence-electron chi connectivity index (χ0n) is 10.4. The molecule has 5 nitrogen and oxygen atoms in total. The molecule has 1 aromatic carbocycles. The van der Waals surface area contributed by atoms with Crippen molar-refractivity contribution in [1.29, 1.82) is 0 Å². The summed E-state index contributed by atoms with van der Waals surface area (Å²) in [6.45, 7) is 1.33. The van der Waals surface area contributed by atoms with Crippen LogP contribution in [0.2, 0.25) is 0 Å². The van der Waals surface area contributed by atoms with Crippen LogP contribution in [0.1, 0.15) is 6.92 Å². The van der Waals surface area contributed by atoms with E-state index < -0.39 is 0 Å². The summed E-state index contributed by atoms with van der Waals surface area (Å²) in [6.07, 6.45) is 6.29. The molecule has 3 rings (SSSR count). The molecule has 0 unspecified atom stereocenters. The van der Waals surface area contributed by atoms with Crippen molar-refractivity contribution >= 4 is 16.9 Å². The number of rotatable bonds is 1. The SMILES string of the molecule is CC(=O)On1ccnc1.c1ccc2ncccc2c1. The molecular formula is C14H13N3O2. The molecule has 0 bridgehead atoms. The van der Waals surface area contributed by atoms with Gasteiger partial charge >= 0.3 is 5.97 Å². The lowest BCUT2D eigenvalue weighted by atomic mass is 10.2. The molecule has 0 aliphatic carbocycles. The third kappa shape index (κ3) is 3.92. The molecule has 3 aromatic rings. The topological polar surface area (TPSA) is 57.0 Å². The first-order valence-corrected chi connectivity index (χ1v) is 5.72. The maximum absolute atomic E-state index is 10.2. The van der Waals surface area contributed by atoms with Crippen molar-refractivity contribution in [2.24, 2.45) is 0 Å². The molecule has 0 spiro atoms. The summed E-state index contributed by atoms with van der Waals surface area (Å²) in [5.41, 5.74) is 1.06. The van der Waals surface area contributed by atoms with Gasteiger partial charge in [-0.25, -0.2) is 9.78 Å². The number of hydrogen-bond acceptors (Lipinski definition) is 4. The van der Waals surface area contributed by atoms with Gasteiger partial charge in [0.05, 0.1) is 11.7 Å². The van der Waals surface area contributed by atoms with Gasteiger partial charge in [-0.05, 0) is 12.1 Å². The van der Waals surface area contributed by atoms with Gasteiger partial charge in [0.2, 0.25) is 0 Å². The fraction of sp³-hybridized carbons (Fsp3) is 0.0714. The summed E-state index contributed by atoms with van der Waals surface area (Å²) in [7, 11) is 0. The lowest BCUT2D eigenvalue weighted by molar-refractivity contribution is -0.141. The number of para-hydroxylation sites is 1. The molecule has 0 aliphatic heterocycles. The Morgan fingerprint density at radius 1 is 1.16 bits per heavy atom. The van der Waals surface area contributed by atoms with Crippen molar-refractivity contribution in [3.05, 3.63) is 61.3 Å². The van der Waals surface area contributed by atoms with E-state index in [1.807, 2.05) is 30.5 Å². The van der Waals surface area contributed by atoms with Crippen molar-refractivity contribution in [1.82, 2.24) is 14.7 Å². The fourth-order valence-electron chi connectivity index (χ4n) is 1.47. The normalized spacial score (nSPS) is 9.53. The largest absolute Gasteiger partial charge is 0.336 e. The highest BCUT2D eigenvalue weighted by atomic mass is 16.7. The Morgan fingerprint density at radius 2 is 1.95 bits per heavy atom. The van der Waals surface area contributed by atoms with Gasteiger partial charge in [0.1, 0.15) is 6.33 Å². The maximum Gasteiger partial charge on any atom is 0.329 e. The number of benzene rings is 1. The van der Waals surface area contributed by atoms with E-state index in [9.17, 15) is 4.79 Å². The predicted molar refractivity (Wildman–Crippen MR) is 71.2 cm³/mol. The van der Waals surface area contributed by atoms with Crippen LogP contribution in [0.4, 0.5) is 0 Å². The van der Waals surface area contributed by atoms with E-state index in [-0.39, 0.29) is 5.97 Å². The second-order valence-electron chi connectivity index (χ2n) is 3.70. The summed E-state index contributed by atoms with van der Waals surface area (Å²) in [4.78, 5) is 22.7. The Kier molecular flexibility index (Phi) is 4.23. The zero-order chi connectivity index (χ0) is 13.5. The molecule has 0 amide bonds. The monoisotopic (exact) mass is 255 g/mol. The van der Waals surface area contributed by atoms with Crippen LogP contribution in [0.5, 0.6) is 0 Å². The first-order valence-electron chi connectivity index (χ1n) is 5.72. The number of carbonyl (C=O) groups is 1. The highest BCUT2D eigenvalue weighted by Crippen LogP contribution is 2.07. The van der Waals surface area contributed by atoms with E-state index in [0.717, 1.165) is 5.52 Å². The maximum atomic E-state index is 10.2. The first-order chi connectivity index (χ1) is 9.25. The number of pyridine rings is 1. The zero-order valence-corrected chi connectivity index (χ0v) is 10.4. The van der Waals surface area contributed by atoms with Crippen LogP contribution >= 0.6 is 0 Å². The van der Waals surface area contributed by atoms with E-state index in [2.05, 4.69) is 26.9 Å². The number of fused-ring (bicyclic) bond motifs is 1. The van der Waals surface area contributed by atoms with Crippen LogP contribution in [-0.4, -0.2) is 20.7 Å². The third-order valence-electron chi connectivity index (χ3n) is 2.23. The molecule has 2 heterocycles. The summed E-state index contributed by atoms with van der Waals surface area (Å²) in [5, 5.41) is 1.20. The molecule has 19 heavy (non-hydrogen) atoms. The number of imidazole rings is 1. The van der Waals surface area contributed by atoms with Gasteiger partial charge in [-0.2, -0.15) is 4.73 Å². The average Bonchev–Trinajstić information content (AvgIpc) is 2.92. The fourth-order valence-corrected chi connectivity index (χ4v) is 1.47. The molecule has 0 N–H and O–H groups in total. The molecule has 0 atom stereocenters. The van der Waals surface area contributed by atoms with Gasteiger partial charge in [0.15, 0.2) is 0 Å². The van der Waals surface area contributed by atoms with Crippen LogP contribution in [0.3, 0.4) is 0 Å². The molecular weight excluding hydrogens is 242 g/mol. The second-order valence-corrected chi connectivity index (χ2v) is 3.70. The highest BCUT2D eigenvalue weighted by Gasteiger charge is 1.91. The smallest absolute Gasteiger partial charge is 0.329 e. The lowest BCUT2D eigenvalue weighted by Crippen LogP contribution is -2.13. The average molecular weight is 255 g/mol. The van der Waals surface area contributed by atoms with E-state index in [0.29, 0.717) is 0 Å². The van der Waals surface area contributed by atoms with Crippen LogP contribution in [0, 0.1) is 0 Å². The van der Waals surface area contributed by atoms with Crippen molar-refractivity contribution in [3.63, 3.8) is 0 Å². The van der Waals surface area contributed by atoms with Crippen molar-refractivity contribution in [2.75, 3.05) is 0 Å². The highest BCUT2D eigenvalue weighted by molar-refractivity contribution is 5.77. The Hall–Kier alpha value is -2.69. The van der Waals surface area contributed by atoms with E-state index >= 15 is 0 Å². The molecule has 0 fully saturated rings. The standard InChI is InChI=1S/C9H7N.C5H6N2O2/c1-2-6-9-8(4-1)5-3-7-10-9;1-5(8)9-7-3-2-6-4-7/h1-7H;2-4H,1H3. The van der Waals surface area contributed by atoms with Crippen molar-refractivity contribution in [2.45, 2.75) is 6.92 Å². The minimum atomic E-state index is -0.354. The molecule has 2 aromatic heterocycles. The van der Waals surface area contributed by atoms with E-state index in [1.54, 1.807) is 6.20 Å². The Balaban J connectivity index is 0.000000141. The summed E-state index contributed by atoms with van der Waals surface area (Å²) < 4.78 is 1.24. The second kappa shape index (κ2) is 6.30. The minimum absolute atomic E-state index is 0.354. The Labute approximate surface area is 110 Å². The number of hydrogen-bond donors (Lipinski definition) is 0. The summed E-state index contributed by atoms with van der Waals surface area (Å²) in [6, 6.07) is 12.1. The predicted octanol–water partition coefficient (Wildman–Crippen LogP) is 2.09. The number of nitrogens with zero attached hydrogens (tertiary/aromatic N) is 3. The number of aromatic nitrogens is 3. The van der Waals surface area contributed by atoms with Crippen LogP contribution in [0.15, 0.2) is 61.3 Å². The molecule has 96 valence electrons. The van der Waals surface area contributed by atoms with Gasteiger partial charge in [-0.1, -0.05) is 24.3 Å². The van der Waals surface area contributed by atoms with Gasteiger partial charge in [-0.3, -0.25) is 4.98 Å². The first kappa shape index (κ1) is 12.8. The third-order valence-corrected chi connectivity index (χ3v) is 2.23. The summed E-state index contributed by atoms with van der Waals surface area (Å²) >= 11 is 0. The molecule has 0 radical (unpaired) electrons. The Morgan fingerprint density at radius 3 is 2.63 bits per heavy atom. The van der Waals surface area contributed by atoms with E-state index in [4.69, 9.17) is 0 Å². The molecule has 0 saturated heterocycles. The molecule has 0 aliphatic rings. The number of carbonyl (C=O) groups excluding carboxylic acids is 1. The molecule has 5 heteroatoms. The van der Waals surface area contributed by atoms with Crippen molar-refractivity contribution in [3.8, 4) is 0 Å².